The number of aromatic nitrogens is 4. The molecule has 2 aromatic heterocycles. The zero-order chi connectivity index (χ0) is 15.8. The molecule has 0 saturated heterocycles. The van der Waals surface area contributed by atoms with Crippen molar-refractivity contribution in [2.45, 2.75) is 0 Å². The molecule has 0 fully saturated rings. The predicted molar refractivity (Wildman–Crippen MR) is 89.8 cm³/mol. The molecule has 0 unspecified atom stereocenters. The molecule has 2 heterocycles. The van der Waals surface area contributed by atoms with E-state index in [-0.39, 0.29) is 5.69 Å². The number of anilines is 1. The zero-order valence-corrected chi connectivity index (χ0v) is 12.1. The van der Waals surface area contributed by atoms with Gasteiger partial charge in [-0.3, -0.25) is 5.10 Å². The van der Waals surface area contributed by atoms with Gasteiger partial charge in [0.05, 0.1) is 16.9 Å². The molecule has 0 radical (unpaired) electrons. The molecule has 6 heteroatoms. The number of nitrogens with one attached hydrogen (secondary N) is 2. The van der Waals surface area contributed by atoms with Gasteiger partial charge in [0, 0.05) is 10.9 Å². The minimum Gasteiger partial charge on any atom is -0.382 e. The third-order valence-corrected chi connectivity index (χ3v) is 3.72. The third-order valence-electron chi connectivity index (χ3n) is 3.72. The highest BCUT2D eigenvalue weighted by atomic mass is 16.1. The van der Waals surface area contributed by atoms with Gasteiger partial charge in [0.2, 0.25) is 0 Å². The zero-order valence-electron chi connectivity index (χ0n) is 12.1. The number of nitrogens with two attached hydrogens (primary N) is 1. The number of nitrogen functional groups attached to an aromatic ring is 1. The topological polar surface area (TPSA) is 100 Å². The van der Waals surface area contributed by atoms with E-state index in [2.05, 4.69) is 20.2 Å². The fourth-order valence-electron chi connectivity index (χ4n) is 2.57. The van der Waals surface area contributed by atoms with Gasteiger partial charge in [-0.2, -0.15) is 10.1 Å². The Bertz CT molecular complexity index is 1050. The van der Waals surface area contributed by atoms with Crippen molar-refractivity contribution in [1.29, 1.82) is 0 Å². The standard InChI is InChI=1S/C17H13N5O/c18-16-12-8-11(6-7-13(12)21-22-16)15-9-14(19-17(23)20-15)10-4-2-1-3-5-10/h1-9H,(H3,18,21,22)(H,19,20,23). The normalized spacial score (nSPS) is 11.0. The average molecular weight is 303 g/mol. The van der Waals surface area contributed by atoms with Crippen molar-refractivity contribution in [3.05, 3.63) is 65.1 Å². The van der Waals surface area contributed by atoms with Crippen molar-refractivity contribution in [1.82, 2.24) is 20.2 Å². The van der Waals surface area contributed by atoms with Crippen LogP contribution in [0.4, 0.5) is 5.82 Å². The average Bonchev–Trinajstić information content (AvgIpc) is 2.96. The van der Waals surface area contributed by atoms with Crippen molar-refractivity contribution in [3.8, 4) is 22.5 Å². The largest absolute Gasteiger partial charge is 0.382 e. The van der Waals surface area contributed by atoms with Crippen LogP contribution in [0, 0.1) is 0 Å². The van der Waals surface area contributed by atoms with Crippen LogP contribution in [-0.4, -0.2) is 20.2 Å². The molecule has 0 aliphatic rings. The first-order chi connectivity index (χ1) is 11.2. The lowest BCUT2D eigenvalue weighted by atomic mass is 10.1. The summed E-state index contributed by atoms with van der Waals surface area (Å²) in [5.74, 6) is 0.426. The van der Waals surface area contributed by atoms with Crippen LogP contribution in [0.1, 0.15) is 0 Å². The Hall–Kier alpha value is -3.41. The first kappa shape index (κ1) is 13.3. The Kier molecular flexibility index (Phi) is 2.94. The smallest absolute Gasteiger partial charge is 0.345 e. The minimum atomic E-state index is -0.387. The van der Waals surface area contributed by atoms with E-state index < -0.39 is 0 Å². The number of hydrogen-bond acceptors (Lipinski definition) is 4. The van der Waals surface area contributed by atoms with Gasteiger partial charge in [-0.25, -0.2) is 4.79 Å². The molecule has 0 atom stereocenters. The molecule has 4 rings (SSSR count). The maximum Gasteiger partial charge on any atom is 0.345 e. The highest BCUT2D eigenvalue weighted by Crippen LogP contribution is 2.26. The van der Waals surface area contributed by atoms with E-state index in [1.165, 1.54) is 0 Å². The minimum absolute atomic E-state index is 0.387. The summed E-state index contributed by atoms with van der Waals surface area (Å²) in [7, 11) is 0. The quantitative estimate of drug-likeness (QED) is 0.530. The fourth-order valence-corrected chi connectivity index (χ4v) is 2.57. The molecule has 0 amide bonds. The maximum absolute atomic E-state index is 11.9. The Morgan fingerprint density at radius 2 is 1.78 bits per heavy atom. The van der Waals surface area contributed by atoms with Gasteiger partial charge in [0.1, 0.15) is 0 Å². The number of benzene rings is 2. The molecule has 0 aliphatic heterocycles. The van der Waals surface area contributed by atoms with E-state index in [1.54, 1.807) is 0 Å². The number of rotatable bonds is 2. The highest BCUT2D eigenvalue weighted by Gasteiger charge is 2.08. The Balaban J connectivity index is 1.89. The highest BCUT2D eigenvalue weighted by molar-refractivity contribution is 5.92. The lowest BCUT2D eigenvalue weighted by molar-refractivity contribution is 1.09. The number of fused-ring (bicyclic) bond motifs is 1. The van der Waals surface area contributed by atoms with E-state index in [0.717, 1.165) is 27.7 Å². The van der Waals surface area contributed by atoms with Crippen LogP contribution in [0.5, 0.6) is 0 Å². The predicted octanol–water partition coefficient (Wildman–Crippen LogP) is 2.56. The van der Waals surface area contributed by atoms with Crippen LogP contribution >= 0.6 is 0 Å². The number of hydrogen-bond donors (Lipinski definition) is 3. The molecule has 2 aromatic carbocycles. The molecule has 4 aromatic rings. The van der Waals surface area contributed by atoms with Gasteiger partial charge in [0.15, 0.2) is 5.82 Å². The van der Waals surface area contributed by atoms with E-state index in [0.29, 0.717) is 11.5 Å². The number of aromatic amines is 2. The van der Waals surface area contributed by atoms with Gasteiger partial charge < -0.3 is 10.7 Å². The maximum atomic E-state index is 11.9. The first-order valence-corrected chi connectivity index (χ1v) is 7.11. The van der Waals surface area contributed by atoms with Crippen molar-refractivity contribution in [2.75, 3.05) is 5.73 Å². The molecule has 0 bridgehead atoms. The van der Waals surface area contributed by atoms with Crippen molar-refractivity contribution in [2.24, 2.45) is 0 Å². The summed E-state index contributed by atoms with van der Waals surface area (Å²) in [5.41, 5.74) is 9.36. The first-order valence-electron chi connectivity index (χ1n) is 7.11. The molecule has 0 spiro atoms. The lowest BCUT2D eigenvalue weighted by Gasteiger charge is -2.05. The lowest BCUT2D eigenvalue weighted by Crippen LogP contribution is -2.11. The van der Waals surface area contributed by atoms with Crippen LogP contribution in [0.25, 0.3) is 33.4 Å². The van der Waals surface area contributed by atoms with Gasteiger partial charge >= 0.3 is 5.69 Å². The molecule has 4 N–H and O–H groups in total. The SMILES string of the molecule is Nc1n[nH]c2ccc(-c3cc(-c4ccccc4)[nH]c(=O)n3)cc12. The fraction of sp³-hybridized carbons (Fsp3) is 0. The summed E-state index contributed by atoms with van der Waals surface area (Å²) < 4.78 is 0. The van der Waals surface area contributed by atoms with Crippen molar-refractivity contribution in [3.63, 3.8) is 0 Å². The third kappa shape index (κ3) is 2.36. The van der Waals surface area contributed by atoms with Crippen LogP contribution in [0.2, 0.25) is 0 Å². The van der Waals surface area contributed by atoms with E-state index in [4.69, 9.17) is 5.73 Å². The Labute approximate surface area is 131 Å². The summed E-state index contributed by atoms with van der Waals surface area (Å²) in [4.78, 5) is 18.8. The summed E-state index contributed by atoms with van der Waals surface area (Å²) >= 11 is 0. The van der Waals surface area contributed by atoms with E-state index in [1.807, 2.05) is 54.6 Å². The summed E-state index contributed by atoms with van der Waals surface area (Å²) in [6.07, 6.45) is 0. The van der Waals surface area contributed by atoms with Crippen LogP contribution in [0.3, 0.4) is 0 Å². The van der Waals surface area contributed by atoms with Gasteiger partial charge in [0.25, 0.3) is 0 Å². The molecule has 0 aliphatic carbocycles. The number of H-pyrrole nitrogens is 2. The van der Waals surface area contributed by atoms with Crippen LogP contribution in [-0.2, 0) is 0 Å². The molecule has 23 heavy (non-hydrogen) atoms. The van der Waals surface area contributed by atoms with Crippen molar-refractivity contribution >= 4 is 16.7 Å². The van der Waals surface area contributed by atoms with E-state index >= 15 is 0 Å². The summed E-state index contributed by atoms with van der Waals surface area (Å²) in [5, 5.41) is 7.64. The van der Waals surface area contributed by atoms with Crippen LogP contribution < -0.4 is 11.4 Å². The number of nitrogens with zero attached hydrogens (tertiary/aromatic N) is 2. The summed E-state index contributed by atoms with van der Waals surface area (Å²) in [6, 6.07) is 17.1. The monoisotopic (exact) mass is 303 g/mol. The van der Waals surface area contributed by atoms with Gasteiger partial charge in [-0.15, -0.1) is 0 Å². The van der Waals surface area contributed by atoms with Crippen LogP contribution in [0.15, 0.2) is 59.4 Å². The Morgan fingerprint density at radius 1 is 0.957 bits per heavy atom. The van der Waals surface area contributed by atoms with Crippen molar-refractivity contribution < 1.29 is 0 Å². The Morgan fingerprint density at radius 3 is 2.61 bits per heavy atom. The second kappa shape index (κ2) is 5.10. The molecular formula is C17H13N5O. The second-order valence-electron chi connectivity index (χ2n) is 5.22. The molecular weight excluding hydrogens is 290 g/mol. The summed E-state index contributed by atoms with van der Waals surface area (Å²) in [6.45, 7) is 0. The second-order valence-corrected chi connectivity index (χ2v) is 5.22. The van der Waals surface area contributed by atoms with E-state index in [9.17, 15) is 4.79 Å². The van der Waals surface area contributed by atoms with Gasteiger partial charge in [-0.05, 0) is 23.8 Å². The van der Waals surface area contributed by atoms with Gasteiger partial charge in [-0.1, -0.05) is 36.4 Å². The molecule has 0 saturated carbocycles. The molecule has 6 nitrogen and oxygen atoms in total. The molecule has 112 valence electrons.